The average Bonchev–Trinajstić information content (AvgIpc) is 2.57. The molecule has 0 aliphatic carbocycles. The number of likely N-dealkylation sites (tertiary alicyclic amines) is 1. The fourth-order valence-corrected chi connectivity index (χ4v) is 4.46. The van der Waals surface area contributed by atoms with Crippen LogP contribution in [0.2, 0.25) is 0 Å². The first kappa shape index (κ1) is 20.9. The zero-order valence-electron chi connectivity index (χ0n) is 16.0. The van der Waals surface area contributed by atoms with Gasteiger partial charge >= 0.3 is 0 Å². The predicted molar refractivity (Wildman–Crippen MR) is 104 cm³/mol. The number of hydrogen-bond donors (Lipinski definition) is 2. The van der Waals surface area contributed by atoms with Gasteiger partial charge in [-0.05, 0) is 83.9 Å². The molecule has 6 nitrogen and oxygen atoms in total. The van der Waals surface area contributed by atoms with E-state index in [4.69, 9.17) is 0 Å². The number of benzene rings is 1. The molecular weight excluding hydrogens is 350 g/mol. The van der Waals surface area contributed by atoms with E-state index in [1.807, 2.05) is 0 Å². The Balaban J connectivity index is 1.82. The van der Waals surface area contributed by atoms with Crippen LogP contribution in [0, 0.1) is 0 Å². The van der Waals surface area contributed by atoms with Gasteiger partial charge in [-0.15, -0.1) is 0 Å². The van der Waals surface area contributed by atoms with Gasteiger partial charge in [-0.3, -0.25) is 4.79 Å². The van der Waals surface area contributed by atoms with Gasteiger partial charge in [0.05, 0.1) is 4.90 Å². The van der Waals surface area contributed by atoms with Crippen molar-refractivity contribution in [1.29, 1.82) is 0 Å². The van der Waals surface area contributed by atoms with Crippen molar-refractivity contribution < 1.29 is 13.2 Å². The van der Waals surface area contributed by atoms with E-state index in [-0.39, 0.29) is 10.8 Å². The zero-order valence-corrected chi connectivity index (χ0v) is 16.9. The highest BCUT2D eigenvalue weighted by molar-refractivity contribution is 7.89. The minimum atomic E-state index is -3.58. The van der Waals surface area contributed by atoms with E-state index < -0.39 is 15.6 Å². The van der Waals surface area contributed by atoms with E-state index in [1.54, 1.807) is 32.9 Å². The van der Waals surface area contributed by atoms with Crippen LogP contribution >= 0.6 is 0 Å². The van der Waals surface area contributed by atoms with E-state index in [0.29, 0.717) is 12.1 Å². The van der Waals surface area contributed by atoms with Crippen LogP contribution in [-0.2, 0) is 10.0 Å². The third-order valence-electron chi connectivity index (χ3n) is 4.25. The Morgan fingerprint density at radius 1 is 1.08 bits per heavy atom. The quantitative estimate of drug-likeness (QED) is 0.711. The summed E-state index contributed by atoms with van der Waals surface area (Å²) in [5, 5.41) is 2.90. The van der Waals surface area contributed by atoms with Crippen LogP contribution in [0.1, 0.15) is 56.8 Å². The molecule has 0 bridgehead atoms. The molecule has 0 saturated carbocycles. The summed E-state index contributed by atoms with van der Waals surface area (Å²) in [4.78, 5) is 14.8. The molecule has 0 aromatic heterocycles. The van der Waals surface area contributed by atoms with Gasteiger partial charge in [-0.25, -0.2) is 13.1 Å². The summed E-state index contributed by atoms with van der Waals surface area (Å²) in [5.41, 5.74) is -0.0823. The third kappa shape index (κ3) is 6.70. The van der Waals surface area contributed by atoms with Crippen molar-refractivity contribution in [1.82, 2.24) is 14.9 Å². The summed E-state index contributed by atoms with van der Waals surface area (Å²) in [6.07, 6.45) is 4.79. The van der Waals surface area contributed by atoms with Crippen LogP contribution in [0.25, 0.3) is 0 Å². The molecule has 1 saturated heterocycles. The number of hydrogen-bond acceptors (Lipinski definition) is 4. The van der Waals surface area contributed by atoms with Crippen molar-refractivity contribution in [3.63, 3.8) is 0 Å². The molecule has 0 spiro atoms. The van der Waals surface area contributed by atoms with E-state index in [1.165, 1.54) is 31.4 Å². The van der Waals surface area contributed by atoms with Crippen LogP contribution < -0.4 is 10.0 Å². The van der Waals surface area contributed by atoms with Crippen molar-refractivity contribution in [3.05, 3.63) is 29.8 Å². The molecule has 1 aromatic carbocycles. The fourth-order valence-electron chi connectivity index (χ4n) is 3.04. The SMILES string of the molecule is CC(C)(C)NS(=O)(=O)c1ccc(C(=O)NCCCN2CCCCC2)cc1. The summed E-state index contributed by atoms with van der Waals surface area (Å²) in [7, 11) is -3.58. The van der Waals surface area contributed by atoms with Crippen molar-refractivity contribution in [2.45, 2.75) is 56.9 Å². The van der Waals surface area contributed by atoms with E-state index in [2.05, 4.69) is 14.9 Å². The minimum Gasteiger partial charge on any atom is -0.352 e. The highest BCUT2D eigenvalue weighted by atomic mass is 32.2. The molecular formula is C19H31N3O3S. The fraction of sp³-hybridized carbons (Fsp3) is 0.632. The highest BCUT2D eigenvalue weighted by Gasteiger charge is 2.22. The average molecular weight is 382 g/mol. The molecule has 7 heteroatoms. The van der Waals surface area contributed by atoms with Crippen LogP contribution in [0.3, 0.4) is 0 Å². The Labute approximate surface area is 157 Å². The Morgan fingerprint density at radius 3 is 2.27 bits per heavy atom. The Hall–Kier alpha value is -1.44. The number of amides is 1. The summed E-state index contributed by atoms with van der Waals surface area (Å²) < 4.78 is 27.1. The second kappa shape index (κ2) is 8.97. The van der Waals surface area contributed by atoms with Gasteiger partial charge in [-0.2, -0.15) is 0 Å². The molecule has 1 aromatic rings. The van der Waals surface area contributed by atoms with Crippen molar-refractivity contribution in [2.75, 3.05) is 26.2 Å². The minimum absolute atomic E-state index is 0.161. The lowest BCUT2D eigenvalue weighted by molar-refractivity contribution is 0.0951. The number of nitrogens with one attached hydrogen (secondary N) is 2. The highest BCUT2D eigenvalue weighted by Crippen LogP contribution is 2.14. The van der Waals surface area contributed by atoms with Gasteiger partial charge in [0, 0.05) is 17.6 Å². The van der Waals surface area contributed by atoms with Crippen molar-refractivity contribution in [3.8, 4) is 0 Å². The van der Waals surface area contributed by atoms with Crippen LogP contribution in [-0.4, -0.2) is 50.9 Å². The van der Waals surface area contributed by atoms with Crippen LogP contribution in [0.4, 0.5) is 0 Å². The first-order valence-corrected chi connectivity index (χ1v) is 10.8. The summed E-state index contributed by atoms with van der Waals surface area (Å²) in [6.45, 7) is 9.32. The maximum atomic E-state index is 12.3. The summed E-state index contributed by atoms with van der Waals surface area (Å²) >= 11 is 0. The number of piperidine rings is 1. The molecule has 1 aliphatic rings. The van der Waals surface area contributed by atoms with Crippen LogP contribution in [0.5, 0.6) is 0 Å². The molecule has 1 heterocycles. The van der Waals surface area contributed by atoms with Gasteiger partial charge in [0.15, 0.2) is 0 Å². The molecule has 0 unspecified atom stereocenters. The first-order chi connectivity index (χ1) is 12.2. The smallest absolute Gasteiger partial charge is 0.251 e. The molecule has 1 fully saturated rings. The second-order valence-electron chi connectivity index (χ2n) is 7.89. The molecule has 1 amide bonds. The molecule has 2 N–H and O–H groups in total. The number of carbonyl (C=O) groups excluding carboxylic acids is 1. The number of sulfonamides is 1. The molecule has 0 atom stereocenters. The van der Waals surface area contributed by atoms with Gasteiger partial charge in [0.2, 0.25) is 10.0 Å². The topological polar surface area (TPSA) is 78.5 Å². The zero-order chi connectivity index (χ0) is 19.2. The molecule has 26 heavy (non-hydrogen) atoms. The molecule has 1 aliphatic heterocycles. The monoisotopic (exact) mass is 381 g/mol. The predicted octanol–water partition coefficient (Wildman–Crippen LogP) is 2.37. The normalized spacial score (nSPS) is 16.4. The van der Waals surface area contributed by atoms with E-state index in [0.717, 1.165) is 26.1 Å². The number of carbonyl (C=O) groups is 1. The summed E-state index contributed by atoms with van der Waals surface area (Å²) in [5.74, 6) is -0.170. The first-order valence-electron chi connectivity index (χ1n) is 9.32. The lowest BCUT2D eigenvalue weighted by Crippen LogP contribution is -2.40. The van der Waals surface area contributed by atoms with E-state index in [9.17, 15) is 13.2 Å². The Bertz CT molecular complexity index is 688. The maximum absolute atomic E-state index is 12.3. The van der Waals surface area contributed by atoms with Crippen LogP contribution in [0.15, 0.2) is 29.2 Å². The Kier molecular flexibility index (Phi) is 7.20. The third-order valence-corrected chi connectivity index (χ3v) is 6.03. The summed E-state index contributed by atoms with van der Waals surface area (Å²) in [6, 6.07) is 6.04. The van der Waals surface area contributed by atoms with Gasteiger partial charge in [0.1, 0.15) is 0 Å². The maximum Gasteiger partial charge on any atom is 0.251 e. The van der Waals surface area contributed by atoms with Gasteiger partial charge in [-0.1, -0.05) is 6.42 Å². The largest absolute Gasteiger partial charge is 0.352 e. The second-order valence-corrected chi connectivity index (χ2v) is 9.57. The Morgan fingerprint density at radius 2 is 1.69 bits per heavy atom. The van der Waals surface area contributed by atoms with Crippen molar-refractivity contribution in [2.24, 2.45) is 0 Å². The van der Waals surface area contributed by atoms with Gasteiger partial charge in [0.25, 0.3) is 5.91 Å². The van der Waals surface area contributed by atoms with E-state index >= 15 is 0 Å². The lowest BCUT2D eigenvalue weighted by atomic mass is 10.1. The molecule has 0 radical (unpaired) electrons. The molecule has 2 rings (SSSR count). The van der Waals surface area contributed by atoms with Crippen molar-refractivity contribution >= 4 is 15.9 Å². The molecule has 146 valence electrons. The number of nitrogens with zero attached hydrogens (tertiary/aromatic N) is 1. The standard InChI is InChI=1S/C19H31N3O3S/c1-19(2,3)21-26(24,25)17-10-8-16(9-11-17)18(23)20-12-7-15-22-13-5-4-6-14-22/h8-11,21H,4-7,12-15H2,1-3H3,(H,20,23). The lowest BCUT2D eigenvalue weighted by Gasteiger charge is -2.26. The van der Waals surface area contributed by atoms with Gasteiger partial charge < -0.3 is 10.2 Å². The number of rotatable bonds is 7.